The molecule has 1 aromatic heterocycles. The number of nitriles is 1. The monoisotopic (exact) mass is 645 g/mol. The van der Waals surface area contributed by atoms with Crippen LogP contribution in [0.5, 0.6) is 5.75 Å². The molecule has 0 N–H and O–H groups in total. The maximum absolute atomic E-state index is 12.9. The summed E-state index contributed by atoms with van der Waals surface area (Å²) < 4.78 is 42.6. The van der Waals surface area contributed by atoms with Crippen LogP contribution in [0, 0.1) is 18.3 Å². The van der Waals surface area contributed by atoms with Crippen molar-refractivity contribution in [2.24, 2.45) is 9.98 Å². The van der Waals surface area contributed by atoms with Gasteiger partial charge in [-0.05, 0) is 66.3 Å². The van der Waals surface area contributed by atoms with Gasteiger partial charge in [-0.3, -0.25) is 0 Å². The molecule has 1 unspecified atom stereocenters. The Labute approximate surface area is 268 Å². The first-order valence-electron chi connectivity index (χ1n) is 14.5. The number of aryl methyl sites for hydroxylation is 1. The van der Waals surface area contributed by atoms with Crippen LogP contribution in [-0.4, -0.2) is 50.8 Å². The van der Waals surface area contributed by atoms with Crippen LogP contribution in [0.4, 0.5) is 23.7 Å². The number of urea groups is 1. The van der Waals surface area contributed by atoms with Gasteiger partial charge >= 0.3 is 12.4 Å². The molecule has 1 fully saturated rings. The van der Waals surface area contributed by atoms with Crippen molar-refractivity contribution in [1.29, 1.82) is 5.26 Å². The van der Waals surface area contributed by atoms with E-state index in [-0.39, 0.29) is 5.75 Å². The summed E-state index contributed by atoms with van der Waals surface area (Å²) >= 11 is 1.52. The van der Waals surface area contributed by atoms with Crippen molar-refractivity contribution in [2.45, 2.75) is 45.4 Å². The molecule has 13 heteroatoms. The Balaban J connectivity index is 1.27. The van der Waals surface area contributed by atoms with Gasteiger partial charge in [0.1, 0.15) is 18.0 Å². The molecule has 4 aromatic rings. The van der Waals surface area contributed by atoms with Gasteiger partial charge in [0, 0.05) is 29.8 Å². The zero-order valence-electron chi connectivity index (χ0n) is 25.3. The molecule has 0 bridgehead atoms. The molecule has 1 aliphatic rings. The Hall–Kier alpha value is -4.96. The van der Waals surface area contributed by atoms with Crippen molar-refractivity contribution >= 4 is 34.9 Å². The van der Waals surface area contributed by atoms with E-state index in [1.807, 2.05) is 6.92 Å². The Morgan fingerprint density at radius 3 is 2.52 bits per heavy atom. The molecule has 0 saturated carbocycles. The molecule has 2 heterocycles. The minimum Gasteiger partial charge on any atom is -0.406 e. The molecule has 1 atom stereocenters. The van der Waals surface area contributed by atoms with Crippen LogP contribution < -0.4 is 9.64 Å². The summed E-state index contributed by atoms with van der Waals surface area (Å²) in [7, 11) is 0. The van der Waals surface area contributed by atoms with E-state index in [9.17, 15) is 23.2 Å². The van der Waals surface area contributed by atoms with Crippen molar-refractivity contribution in [3.8, 4) is 28.9 Å². The summed E-state index contributed by atoms with van der Waals surface area (Å²) in [4.78, 5) is 27.5. The highest BCUT2D eigenvalue weighted by Gasteiger charge is 2.31. The van der Waals surface area contributed by atoms with Crippen molar-refractivity contribution in [2.75, 3.05) is 17.2 Å². The highest BCUT2D eigenvalue weighted by Crippen LogP contribution is 2.33. The lowest BCUT2D eigenvalue weighted by Crippen LogP contribution is -2.35. The van der Waals surface area contributed by atoms with Crippen molar-refractivity contribution < 1.29 is 22.7 Å². The molecule has 1 aliphatic heterocycles. The first-order valence-corrected chi connectivity index (χ1v) is 15.4. The second-order valence-corrected chi connectivity index (χ2v) is 11.9. The lowest BCUT2D eigenvalue weighted by atomic mass is 9.98. The molecule has 2 amide bonds. The minimum atomic E-state index is -4.77. The minimum absolute atomic E-state index is 0.300. The van der Waals surface area contributed by atoms with E-state index in [2.05, 4.69) is 67.8 Å². The molecular formula is C33H30F3N7O2S. The van der Waals surface area contributed by atoms with Gasteiger partial charge in [0.25, 0.3) is 0 Å². The zero-order chi connectivity index (χ0) is 32.8. The van der Waals surface area contributed by atoms with Crippen LogP contribution >= 0.6 is 11.8 Å². The SMILES string of the molecule is Cc1ccc(C(C)C)c(N2CCCSC2=NC(=O)N=CC(C#N)c2ccc(-c3ncn(-c4ccc(OC(F)(F)F)cc4)n3)cc2)c1. The van der Waals surface area contributed by atoms with Crippen LogP contribution in [0.15, 0.2) is 83.0 Å². The third-order valence-electron chi connectivity index (χ3n) is 7.11. The number of carbonyl (C=O) groups excluding carboxylic acids is 1. The normalized spacial score (nSPS) is 15.3. The topological polar surface area (TPSA) is 109 Å². The average Bonchev–Trinajstić information content (AvgIpc) is 3.52. The van der Waals surface area contributed by atoms with E-state index >= 15 is 0 Å². The summed E-state index contributed by atoms with van der Waals surface area (Å²) in [6, 6.07) is 20.0. The van der Waals surface area contributed by atoms with Crippen LogP contribution in [0.25, 0.3) is 17.1 Å². The highest BCUT2D eigenvalue weighted by molar-refractivity contribution is 8.14. The first kappa shape index (κ1) is 32.4. The molecular weight excluding hydrogens is 615 g/mol. The third-order valence-corrected chi connectivity index (χ3v) is 8.17. The second-order valence-electron chi connectivity index (χ2n) is 10.8. The molecule has 9 nitrogen and oxygen atoms in total. The Bertz CT molecular complexity index is 1790. The molecule has 5 rings (SSSR count). The van der Waals surface area contributed by atoms with Gasteiger partial charge in [-0.25, -0.2) is 19.5 Å². The predicted octanol–water partition coefficient (Wildman–Crippen LogP) is 8.06. The lowest BCUT2D eigenvalue weighted by molar-refractivity contribution is -0.274. The van der Waals surface area contributed by atoms with Gasteiger partial charge in [-0.1, -0.05) is 62.0 Å². The number of anilines is 1. The number of nitrogens with zero attached hydrogens (tertiary/aromatic N) is 7. The fourth-order valence-electron chi connectivity index (χ4n) is 4.85. The van der Waals surface area contributed by atoms with E-state index in [1.165, 1.54) is 58.8 Å². The van der Waals surface area contributed by atoms with Gasteiger partial charge < -0.3 is 9.64 Å². The number of hydrogen-bond acceptors (Lipinski definition) is 6. The molecule has 236 valence electrons. The standard InChI is InChI=1S/C33H30F3N7O2S/c1-21(2)28-14-5-22(3)17-29(28)42-15-4-16-46-32(42)40-31(44)38-19-25(18-37)23-6-8-24(9-7-23)30-39-20-43(41-30)26-10-12-27(13-11-26)45-33(34,35)36/h5-14,17,19-21,25H,4,15-16H2,1-3H3. The third kappa shape index (κ3) is 8.00. The maximum Gasteiger partial charge on any atom is 0.573 e. The smallest absolute Gasteiger partial charge is 0.406 e. The van der Waals surface area contributed by atoms with Crippen molar-refractivity contribution in [3.05, 3.63) is 89.7 Å². The summed E-state index contributed by atoms with van der Waals surface area (Å²) in [6.45, 7) is 7.06. The number of amidine groups is 1. The number of hydrogen-bond donors (Lipinski definition) is 0. The van der Waals surface area contributed by atoms with Crippen LogP contribution in [0.1, 0.15) is 48.8 Å². The Kier molecular flexibility index (Phi) is 9.87. The number of aromatic nitrogens is 3. The highest BCUT2D eigenvalue weighted by atomic mass is 32.2. The summed E-state index contributed by atoms with van der Waals surface area (Å²) in [5, 5.41) is 14.8. The molecule has 3 aromatic carbocycles. The van der Waals surface area contributed by atoms with Crippen LogP contribution in [0.3, 0.4) is 0 Å². The fraction of sp³-hybridized carbons (Fsp3) is 0.273. The zero-order valence-corrected chi connectivity index (χ0v) is 26.1. The Morgan fingerprint density at radius 1 is 1.11 bits per heavy atom. The number of benzene rings is 3. The van der Waals surface area contributed by atoms with Gasteiger partial charge in [0.05, 0.1) is 11.8 Å². The van der Waals surface area contributed by atoms with E-state index in [0.717, 1.165) is 30.0 Å². The van der Waals surface area contributed by atoms with E-state index in [1.54, 1.807) is 24.3 Å². The number of aliphatic imine (C=N–C) groups is 2. The van der Waals surface area contributed by atoms with Crippen molar-refractivity contribution in [1.82, 2.24) is 14.8 Å². The average molecular weight is 646 g/mol. The second kappa shape index (κ2) is 14.0. The quantitative estimate of drug-likeness (QED) is 0.187. The molecule has 0 radical (unpaired) electrons. The lowest BCUT2D eigenvalue weighted by Gasteiger charge is -2.32. The van der Waals surface area contributed by atoms with E-state index in [0.29, 0.717) is 33.7 Å². The van der Waals surface area contributed by atoms with Crippen molar-refractivity contribution in [3.63, 3.8) is 0 Å². The number of thioether (sulfide) groups is 1. The molecule has 46 heavy (non-hydrogen) atoms. The number of halogens is 3. The Morgan fingerprint density at radius 2 is 1.85 bits per heavy atom. The summed E-state index contributed by atoms with van der Waals surface area (Å²) in [5.41, 5.74) is 5.11. The number of ether oxygens (including phenoxy) is 1. The van der Waals surface area contributed by atoms with E-state index in [4.69, 9.17) is 0 Å². The van der Waals surface area contributed by atoms with Gasteiger partial charge in [-0.2, -0.15) is 10.3 Å². The van der Waals surface area contributed by atoms with Gasteiger partial charge in [0.15, 0.2) is 11.0 Å². The summed E-state index contributed by atoms with van der Waals surface area (Å²) in [6.07, 6.45) is -1.08. The number of alkyl halides is 3. The predicted molar refractivity (Wildman–Crippen MR) is 173 cm³/mol. The van der Waals surface area contributed by atoms with Crippen LogP contribution in [0.2, 0.25) is 0 Å². The van der Waals surface area contributed by atoms with Gasteiger partial charge in [0.2, 0.25) is 0 Å². The first-order chi connectivity index (χ1) is 22.0. The summed E-state index contributed by atoms with van der Waals surface area (Å²) in [5.74, 6) is 0.390. The van der Waals surface area contributed by atoms with Crippen LogP contribution in [-0.2, 0) is 0 Å². The number of carbonyl (C=O) groups is 1. The fourth-order valence-corrected chi connectivity index (χ4v) is 5.80. The van der Waals surface area contributed by atoms with E-state index < -0.39 is 18.3 Å². The number of rotatable bonds is 7. The van der Waals surface area contributed by atoms with Gasteiger partial charge in [-0.15, -0.1) is 18.3 Å². The molecule has 0 aliphatic carbocycles. The molecule has 0 spiro atoms. The largest absolute Gasteiger partial charge is 0.573 e. The molecule has 1 saturated heterocycles. The number of amides is 2. The maximum atomic E-state index is 12.9.